The largest absolute Gasteiger partial charge is 0.508 e. The number of aromatic hydroxyl groups is 1. The van der Waals surface area contributed by atoms with E-state index in [0.29, 0.717) is 73.6 Å². The van der Waals surface area contributed by atoms with Gasteiger partial charge in [0.25, 0.3) is 0 Å². The summed E-state index contributed by atoms with van der Waals surface area (Å²) in [4.78, 5) is 25.2. The van der Waals surface area contributed by atoms with Gasteiger partial charge in [-0.3, -0.25) is 9.59 Å². The summed E-state index contributed by atoms with van der Waals surface area (Å²) in [6.45, 7) is 9.44. The predicted octanol–water partition coefficient (Wildman–Crippen LogP) is 7.42. The van der Waals surface area contributed by atoms with Crippen LogP contribution >= 0.6 is 0 Å². The molecule has 12 N–H and O–H groups in total. The number of carbonyl (C=O) groups is 2. The van der Waals surface area contributed by atoms with Crippen LogP contribution in [0.5, 0.6) is 5.75 Å². The minimum Gasteiger partial charge on any atom is -0.508 e. The summed E-state index contributed by atoms with van der Waals surface area (Å²) in [5.74, 6) is 3.35. The van der Waals surface area contributed by atoms with Gasteiger partial charge in [0, 0.05) is 42.4 Å². The van der Waals surface area contributed by atoms with E-state index in [-0.39, 0.29) is 75.5 Å². The molecule has 7 rings (SSSR count). The number of rotatable bonds is 20. The first-order chi connectivity index (χ1) is 37.1. The molecule has 3 aromatic carbocycles. The Labute approximate surface area is 462 Å². The number of carboxylic acid groups (broad SMARTS) is 2. The van der Waals surface area contributed by atoms with E-state index < -0.39 is 90.0 Å². The summed E-state index contributed by atoms with van der Waals surface area (Å²) in [5.41, 5.74) is 2.69. The molecular formula is C64H90N2O12. The molecule has 4 aliphatic rings. The van der Waals surface area contributed by atoms with Crippen molar-refractivity contribution in [2.24, 2.45) is 17.8 Å². The van der Waals surface area contributed by atoms with Crippen LogP contribution in [0.4, 0.5) is 0 Å². The van der Waals surface area contributed by atoms with Crippen LogP contribution in [0.1, 0.15) is 164 Å². The minimum atomic E-state index is -1.75. The molecule has 14 nitrogen and oxygen atoms in total. The molecule has 0 radical (unpaired) electrons. The lowest BCUT2D eigenvalue weighted by Crippen LogP contribution is -2.67. The smallest absolute Gasteiger partial charge is 0.303 e. The Morgan fingerprint density at radius 1 is 0.897 bits per heavy atom. The van der Waals surface area contributed by atoms with E-state index in [1.165, 1.54) is 0 Å². The third kappa shape index (κ3) is 16.6. The van der Waals surface area contributed by atoms with Gasteiger partial charge in [-0.2, -0.15) is 0 Å². The fraction of sp³-hybridized carbons (Fsp3) is 0.594. The Morgan fingerprint density at radius 2 is 1.64 bits per heavy atom. The van der Waals surface area contributed by atoms with Crippen LogP contribution in [0.2, 0.25) is 0 Å². The van der Waals surface area contributed by atoms with Crippen molar-refractivity contribution in [2.75, 3.05) is 6.61 Å². The van der Waals surface area contributed by atoms with Crippen LogP contribution < -0.4 is 10.6 Å². The van der Waals surface area contributed by atoms with Crippen LogP contribution in [0.15, 0.2) is 90.0 Å². The van der Waals surface area contributed by atoms with Crippen LogP contribution in [-0.4, -0.2) is 129 Å². The second-order valence-corrected chi connectivity index (χ2v) is 23.5. The van der Waals surface area contributed by atoms with Crippen molar-refractivity contribution in [3.8, 4) is 17.6 Å². The highest BCUT2D eigenvalue weighted by atomic mass is 16.4. The molecule has 0 aliphatic carbocycles. The zero-order chi connectivity index (χ0) is 56.7. The predicted molar refractivity (Wildman–Crippen MR) is 303 cm³/mol. The first-order valence-electron chi connectivity index (χ1n) is 28.7. The average molecular weight is 1080 g/mol. The Bertz CT molecular complexity index is 2550. The van der Waals surface area contributed by atoms with Crippen molar-refractivity contribution in [2.45, 2.75) is 216 Å². The standard InChI is InChI=1S/C64H90N2O12/c1-6-7-14-56(70)57(71)30-23-45-20-19-44-12-9-8-11-43(44)13-10-33-64(63(5,78)54(28-15-40(2)3)46-21-25-49(68)26-22-46)38-42-17-18-48(47(34-42)24-32-60(74)75)35-59(73)51-27-16-41(4)65-62(53(51)37-61(76)77)58(72)31-29-55(66-64)52(45)36-50(69)39-67/h8-9,11-12,17-18,21-23,25-26,30,34,40-41,50-51,53-59,62,65-73,78H,6-7,14-16,19-20,24,27-29,31-33,35-39H2,1-5H3,(H,74,75)(H,76,77)/b30-23+,52-45+/t41-,50+,51+,53-,54-,55+,56+,57-,58-,59-,62-,63+,64+/m1/s1. The maximum absolute atomic E-state index is 14.3. The van der Waals surface area contributed by atoms with Gasteiger partial charge in [-0.25, -0.2) is 0 Å². The van der Waals surface area contributed by atoms with E-state index in [0.717, 1.165) is 28.7 Å². The molecule has 4 aliphatic heterocycles. The summed E-state index contributed by atoms with van der Waals surface area (Å²) in [5, 5.41) is 123. The quantitative estimate of drug-likeness (QED) is 0.0492. The maximum Gasteiger partial charge on any atom is 0.303 e. The van der Waals surface area contributed by atoms with E-state index in [2.05, 4.69) is 36.3 Å². The summed E-state index contributed by atoms with van der Waals surface area (Å²) >= 11 is 0. The summed E-state index contributed by atoms with van der Waals surface area (Å²) in [6, 6.07) is 18.7. The molecule has 1 fully saturated rings. The Hall–Kier alpha value is -4.92. The SMILES string of the molecule is CCCC[C@H](O)[C@H](O)/C=C/C1=C(\C[C@H](O)CO)[C@@H]2CC[C@@H](O)[C@@H]3N[C@H](C)CC[C@@H]([C@H]3CC(=O)O)[C@H](O)Cc3ccc(cc3CCC(=O)O)C[C@]([C@@](C)(O)[C@H](CCC(C)C)c3ccc(O)cc3)(CC#Cc3ccccc3CC1)N2. The van der Waals surface area contributed by atoms with Gasteiger partial charge in [-0.05, 0) is 166 Å². The molecule has 3 aromatic rings. The molecule has 78 heavy (non-hydrogen) atoms. The molecule has 0 saturated carbocycles. The molecule has 4 heterocycles. The van der Waals surface area contributed by atoms with Gasteiger partial charge in [0.1, 0.15) is 5.75 Å². The number of fused-ring (bicyclic) bond motifs is 6. The number of hydrogen-bond donors (Lipinski definition) is 12. The Balaban J connectivity index is 1.75. The molecule has 0 aromatic heterocycles. The molecule has 14 heteroatoms. The molecule has 0 unspecified atom stereocenters. The van der Waals surface area contributed by atoms with Gasteiger partial charge in [0.05, 0.1) is 54.7 Å². The maximum atomic E-state index is 14.3. The first-order valence-corrected chi connectivity index (χ1v) is 28.7. The second-order valence-electron chi connectivity index (χ2n) is 23.5. The summed E-state index contributed by atoms with van der Waals surface area (Å²) in [6.07, 6.45) is 2.51. The van der Waals surface area contributed by atoms with Crippen molar-refractivity contribution in [3.05, 3.63) is 123 Å². The molecule has 13 atom stereocenters. The van der Waals surface area contributed by atoms with Crippen LogP contribution in [0.25, 0.3) is 0 Å². The lowest BCUT2D eigenvalue weighted by Gasteiger charge is -2.52. The number of aliphatic hydroxyl groups is 7. The zero-order valence-corrected chi connectivity index (χ0v) is 46.7. The number of unbranched alkanes of at least 4 members (excludes halogenated alkanes) is 1. The summed E-state index contributed by atoms with van der Waals surface area (Å²) in [7, 11) is 0. The molecule has 428 valence electrons. The lowest BCUT2D eigenvalue weighted by molar-refractivity contribution is -0.140. The van der Waals surface area contributed by atoms with E-state index in [9.17, 15) is 60.7 Å². The first kappa shape index (κ1) is 62.3. The van der Waals surface area contributed by atoms with Crippen LogP contribution in [-0.2, 0) is 35.3 Å². The van der Waals surface area contributed by atoms with E-state index >= 15 is 0 Å². The van der Waals surface area contributed by atoms with Crippen molar-refractivity contribution in [3.63, 3.8) is 0 Å². The number of aryl methyl sites for hydroxylation is 2. The number of nitrogens with one attached hydrogen (secondary N) is 2. The van der Waals surface area contributed by atoms with Gasteiger partial charge in [-0.1, -0.05) is 113 Å². The van der Waals surface area contributed by atoms with E-state index in [1.807, 2.05) is 75.4 Å². The van der Waals surface area contributed by atoms with Crippen molar-refractivity contribution < 1.29 is 60.7 Å². The normalized spacial score (nSPS) is 27.7. The van der Waals surface area contributed by atoms with Gasteiger partial charge >= 0.3 is 11.9 Å². The number of phenolic OH excluding ortho intramolecular Hbond substituents is 1. The number of aliphatic hydroxyl groups excluding tert-OH is 6. The Morgan fingerprint density at radius 3 is 2.33 bits per heavy atom. The molecule has 6 bridgehead atoms. The fourth-order valence-corrected chi connectivity index (χ4v) is 12.7. The van der Waals surface area contributed by atoms with Gasteiger partial charge in [-0.15, -0.1) is 0 Å². The van der Waals surface area contributed by atoms with Crippen molar-refractivity contribution in [1.82, 2.24) is 10.6 Å². The highest BCUT2D eigenvalue weighted by molar-refractivity contribution is 5.67. The average Bonchev–Trinajstić information content (AvgIpc) is 3.57. The number of phenols is 1. The molecule has 0 amide bonds. The zero-order valence-electron chi connectivity index (χ0n) is 46.7. The lowest BCUT2D eigenvalue weighted by atomic mass is 9.63. The molecular weight excluding hydrogens is 989 g/mol. The number of carboxylic acids is 2. The number of allylic oxidation sites excluding steroid dienone is 2. The molecule has 1 saturated heterocycles. The summed E-state index contributed by atoms with van der Waals surface area (Å²) < 4.78 is 0. The van der Waals surface area contributed by atoms with Crippen LogP contribution in [0, 0.1) is 29.6 Å². The molecule has 0 spiro atoms. The number of benzene rings is 3. The minimum absolute atomic E-state index is 0.0297. The topological polar surface area (TPSA) is 260 Å². The third-order valence-electron chi connectivity index (χ3n) is 17.3. The third-order valence-corrected chi connectivity index (χ3v) is 17.3. The number of hydrogen-bond acceptors (Lipinski definition) is 12. The van der Waals surface area contributed by atoms with Gasteiger partial charge < -0.3 is 61.7 Å². The van der Waals surface area contributed by atoms with E-state index in [1.54, 1.807) is 24.3 Å². The van der Waals surface area contributed by atoms with E-state index in [4.69, 9.17) is 0 Å². The highest BCUT2D eigenvalue weighted by Crippen LogP contribution is 2.46. The number of aliphatic carboxylic acids is 2. The van der Waals surface area contributed by atoms with Crippen LogP contribution in [0.3, 0.4) is 0 Å². The Kier molecular flexibility index (Phi) is 23.1. The monoisotopic (exact) mass is 1080 g/mol. The van der Waals surface area contributed by atoms with Crippen molar-refractivity contribution in [1.29, 1.82) is 0 Å². The van der Waals surface area contributed by atoms with Crippen molar-refractivity contribution >= 4 is 11.9 Å². The fourth-order valence-electron chi connectivity index (χ4n) is 12.7. The highest BCUT2D eigenvalue weighted by Gasteiger charge is 2.53. The second kappa shape index (κ2) is 29.0. The van der Waals surface area contributed by atoms with Gasteiger partial charge in [0.2, 0.25) is 0 Å². The van der Waals surface area contributed by atoms with Gasteiger partial charge in [0.15, 0.2) is 0 Å².